The minimum Gasteiger partial charge on any atom is -0.478 e. The van der Waals surface area contributed by atoms with Gasteiger partial charge in [-0.05, 0) is 12.1 Å². The average molecular weight is 221 g/mol. The van der Waals surface area contributed by atoms with Crippen molar-refractivity contribution in [3.63, 3.8) is 0 Å². The zero-order chi connectivity index (χ0) is 11.7. The molecule has 2 rings (SSSR count). The number of carboxylic acids is 1. The van der Waals surface area contributed by atoms with E-state index in [0.29, 0.717) is 11.4 Å². The molecule has 0 saturated heterocycles. The van der Waals surface area contributed by atoms with Crippen molar-refractivity contribution in [3.05, 3.63) is 35.9 Å². The Balaban J connectivity index is 2.50. The molecular formula is C10H8FN3O2. The van der Waals surface area contributed by atoms with Gasteiger partial charge < -0.3 is 5.11 Å². The summed E-state index contributed by atoms with van der Waals surface area (Å²) in [7, 11) is 1.67. The van der Waals surface area contributed by atoms with Crippen LogP contribution >= 0.6 is 0 Å². The fraction of sp³-hybridized carbons (Fsp3) is 0.100. The lowest BCUT2D eigenvalue weighted by molar-refractivity contribution is 0.0692. The van der Waals surface area contributed by atoms with Gasteiger partial charge in [0.1, 0.15) is 12.1 Å². The fourth-order valence-corrected chi connectivity index (χ4v) is 1.39. The second-order valence-corrected chi connectivity index (χ2v) is 3.21. The Morgan fingerprint density at radius 2 is 2.25 bits per heavy atom. The van der Waals surface area contributed by atoms with Crippen molar-refractivity contribution in [2.45, 2.75) is 0 Å². The molecule has 0 fully saturated rings. The van der Waals surface area contributed by atoms with Crippen molar-refractivity contribution >= 4 is 5.97 Å². The van der Waals surface area contributed by atoms with E-state index in [-0.39, 0.29) is 5.56 Å². The van der Waals surface area contributed by atoms with E-state index in [1.54, 1.807) is 7.05 Å². The van der Waals surface area contributed by atoms with Crippen molar-refractivity contribution in [1.82, 2.24) is 14.8 Å². The molecular weight excluding hydrogens is 213 g/mol. The first-order valence-corrected chi connectivity index (χ1v) is 4.47. The molecule has 5 nitrogen and oxygen atoms in total. The first kappa shape index (κ1) is 10.3. The van der Waals surface area contributed by atoms with E-state index >= 15 is 0 Å². The Labute approximate surface area is 90.2 Å². The highest BCUT2D eigenvalue weighted by atomic mass is 19.1. The van der Waals surface area contributed by atoms with Crippen LogP contribution in [0.5, 0.6) is 0 Å². The number of aryl methyl sites for hydroxylation is 1. The van der Waals surface area contributed by atoms with Crippen molar-refractivity contribution in [2.24, 2.45) is 7.05 Å². The number of aromatic carboxylic acids is 1. The van der Waals surface area contributed by atoms with Gasteiger partial charge in [-0.3, -0.25) is 0 Å². The molecule has 82 valence electrons. The molecule has 1 heterocycles. The monoisotopic (exact) mass is 221 g/mol. The minimum absolute atomic E-state index is 0.356. The van der Waals surface area contributed by atoms with E-state index in [2.05, 4.69) is 10.1 Å². The molecule has 0 bridgehead atoms. The molecule has 1 N–H and O–H groups in total. The number of benzene rings is 1. The quantitative estimate of drug-likeness (QED) is 0.830. The molecule has 0 atom stereocenters. The summed E-state index contributed by atoms with van der Waals surface area (Å²) in [4.78, 5) is 14.6. The van der Waals surface area contributed by atoms with Crippen molar-refractivity contribution in [3.8, 4) is 11.4 Å². The molecule has 2 aromatic rings. The number of halogens is 1. The van der Waals surface area contributed by atoms with Crippen LogP contribution in [-0.2, 0) is 7.05 Å². The summed E-state index contributed by atoms with van der Waals surface area (Å²) in [6.45, 7) is 0. The molecule has 0 unspecified atom stereocenters. The van der Waals surface area contributed by atoms with E-state index in [9.17, 15) is 9.18 Å². The van der Waals surface area contributed by atoms with Crippen LogP contribution in [0.1, 0.15) is 10.4 Å². The highest BCUT2D eigenvalue weighted by Crippen LogP contribution is 2.19. The standard InChI is InChI=1S/C10H8FN3O2/c1-14-9(12-5-13-14)6-2-3-7(10(15)16)8(11)4-6/h2-5H,1H3,(H,15,16). The lowest BCUT2D eigenvalue weighted by atomic mass is 10.1. The van der Waals surface area contributed by atoms with Crippen LogP contribution in [0.25, 0.3) is 11.4 Å². The lowest BCUT2D eigenvalue weighted by Crippen LogP contribution is -2.01. The number of hydrogen-bond acceptors (Lipinski definition) is 3. The first-order valence-electron chi connectivity index (χ1n) is 4.47. The van der Waals surface area contributed by atoms with Gasteiger partial charge in [-0.2, -0.15) is 5.10 Å². The number of aromatic nitrogens is 3. The van der Waals surface area contributed by atoms with E-state index in [4.69, 9.17) is 5.11 Å². The molecule has 0 amide bonds. The predicted molar refractivity (Wildman–Crippen MR) is 53.4 cm³/mol. The zero-order valence-corrected chi connectivity index (χ0v) is 8.38. The third-order valence-corrected chi connectivity index (χ3v) is 2.17. The zero-order valence-electron chi connectivity index (χ0n) is 8.38. The van der Waals surface area contributed by atoms with Crippen LogP contribution in [0.15, 0.2) is 24.5 Å². The van der Waals surface area contributed by atoms with Crippen molar-refractivity contribution in [1.29, 1.82) is 0 Å². The van der Waals surface area contributed by atoms with Gasteiger partial charge >= 0.3 is 5.97 Å². The maximum Gasteiger partial charge on any atom is 0.338 e. The molecule has 0 aliphatic rings. The highest BCUT2D eigenvalue weighted by molar-refractivity contribution is 5.88. The van der Waals surface area contributed by atoms with Crippen LogP contribution in [0.3, 0.4) is 0 Å². The van der Waals surface area contributed by atoms with E-state index in [0.717, 1.165) is 6.07 Å². The lowest BCUT2D eigenvalue weighted by Gasteiger charge is -2.02. The molecule has 6 heteroatoms. The predicted octanol–water partition coefficient (Wildman–Crippen LogP) is 1.32. The molecule has 1 aromatic carbocycles. The Morgan fingerprint density at radius 3 is 2.75 bits per heavy atom. The van der Waals surface area contributed by atoms with E-state index in [1.165, 1.54) is 23.1 Å². The summed E-state index contributed by atoms with van der Waals surface area (Å²) in [5.74, 6) is -1.59. The molecule has 1 aromatic heterocycles. The van der Waals surface area contributed by atoms with Crippen LogP contribution in [0.4, 0.5) is 4.39 Å². The Hall–Kier alpha value is -2.24. The van der Waals surface area contributed by atoms with Crippen LogP contribution in [0, 0.1) is 5.82 Å². The van der Waals surface area contributed by atoms with Crippen molar-refractivity contribution in [2.75, 3.05) is 0 Å². The van der Waals surface area contributed by atoms with Gasteiger partial charge in [0, 0.05) is 12.6 Å². The maximum absolute atomic E-state index is 13.4. The summed E-state index contributed by atoms with van der Waals surface area (Å²) in [5.41, 5.74) is 0.133. The van der Waals surface area contributed by atoms with Crippen LogP contribution < -0.4 is 0 Å². The summed E-state index contributed by atoms with van der Waals surface area (Å²) in [5, 5.41) is 12.5. The van der Waals surface area contributed by atoms with Crippen molar-refractivity contribution < 1.29 is 14.3 Å². The Kier molecular flexibility index (Phi) is 2.40. The normalized spacial score (nSPS) is 10.4. The topological polar surface area (TPSA) is 68.0 Å². The number of hydrogen-bond donors (Lipinski definition) is 1. The SMILES string of the molecule is Cn1ncnc1-c1ccc(C(=O)O)c(F)c1. The maximum atomic E-state index is 13.4. The van der Waals surface area contributed by atoms with Gasteiger partial charge in [0.15, 0.2) is 5.82 Å². The summed E-state index contributed by atoms with van der Waals surface area (Å²) >= 11 is 0. The second-order valence-electron chi connectivity index (χ2n) is 3.21. The molecule has 0 spiro atoms. The average Bonchev–Trinajstić information content (AvgIpc) is 2.63. The van der Waals surface area contributed by atoms with Gasteiger partial charge in [-0.25, -0.2) is 18.9 Å². The molecule has 0 aliphatic carbocycles. The largest absolute Gasteiger partial charge is 0.478 e. The molecule has 16 heavy (non-hydrogen) atoms. The minimum atomic E-state index is -1.29. The number of rotatable bonds is 2. The Bertz CT molecular complexity index is 551. The number of carbonyl (C=O) groups is 1. The van der Waals surface area contributed by atoms with E-state index in [1.807, 2.05) is 0 Å². The third-order valence-electron chi connectivity index (χ3n) is 2.17. The fourth-order valence-electron chi connectivity index (χ4n) is 1.39. The molecule has 0 saturated carbocycles. The van der Waals surface area contributed by atoms with Gasteiger partial charge in [-0.15, -0.1) is 0 Å². The van der Waals surface area contributed by atoms with Gasteiger partial charge in [-0.1, -0.05) is 6.07 Å². The third kappa shape index (κ3) is 1.65. The molecule has 0 radical (unpaired) electrons. The Morgan fingerprint density at radius 1 is 1.50 bits per heavy atom. The second kappa shape index (κ2) is 3.73. The smallest absolute Gasteiger partial charge is 0.338 e. The summed E-state index contributed by atoms with van der Waals surface area (Å²) in [6.07, 6.45) is 1.35. The summed E-state index contributed by atoms with van der Waals surface area (Å²) < 4.78 is 14.9. The van der Waals surface area contributed by atoms with Gasteiger partial charge in [0.25, 0.3) is 0 Å². The summed E-state index contributed by atoms with van der Waals surface area (Å²) in [6, 6.07) is 3.84. The van der Waals surface area contributed by atoms with Gasteiger partial charge in [0.05, 0.1) is 5.56 Å². The van der Waals surface area contributed by atoms with Gasteiger partial charge in [0.2, 0.25) is 0 Å². The van der Waals surface area contributed by atoms with Crippen LogP contribution in [0.2, 0.25) is 0 Å². The highest BCUT2D eigenvalue weighted by Gasteiger charge is 2.12. The molecule has 0 aliphatic heterocycles. The number of nitrogens with zero attached hydrogens (tertiary/aromatic N) is 3. The van der Waals surface area contributed by atoms with E-state index < -0.39 is 11.8 Å². The number of carboxylic acid groups (broad SMARTS) is 1. The van der Waals surface area contributed by atoms with Crippen LogP contribution in [-0.4, -0.2) is 25.8 Å². The first-order chi connectivity index (χ1) is 7.59.